The minimum absolute atomic E-state index is 0.0733. The quantitative estimate of drug-likeness (QED) is 0.632. The Labute approximate surface area is 197 Å². The van der Waals surface area contributed by atoms with Gasteiger partial charge in [-0.15, -0.1) is 0 Å². The summed E-state index contributed by atoms with van der Waals surface area (Å²) in [5, 5.41) is 3.00. The molecular formula is C22H24F5N5OS. The van der Waals surface area contributed by atoms with Gasteiger partial charge in [0, 0.05) is 31.6 Å². The van der Waals surface area contributed by atoms with Crippen molar-refractivity contribution in [1.82, 2.24) is 20.2 Å². The molecule has 12 heteroatoms. The number of hydrogen-bond acceptors (Lipinski definition) is 6. The van der Waals surface area contributed by atoms with Crippen molar-refractivity contribution in [3.63, 3.8) is 0 Å². The molecule has 2 aliphatic heterocycles. The Bertz CT molecular complexity index is 1080. The van der Waals surface area contributed by atoms with Gasteiger partial charge in [-0.3, -0.25) is 14.7 Å². The van der Waals surface area contributed by atoms with E-state index in [0.717, 1.165) is 17.5 Å². The van der Waals surface area contributed by atoms with E-state index < -0.39 is 41.1 Å². The zero-order valence-electron chi connectivity index (χ0n) is 18.2. The third kappa shape index (κ3) is 4.37. The number of hydrogen-bond donors (Lipinski definition) is 1. The second-order valence-electron chi connectivity index (χ2n) is 9.33. The lowest BCUT2D eigenvalue weighted by atomic mass is 9.90. The number of rotatable bonds is 5. The smallest absolute Gasteiger partial charge is 0.263 e. The number of halogens is 5. The lowest BCUT2D eigenvalue weighted by molar-refractivity contribution is -0.00551. The molecular weight excluding hydrogens is 477 g/mol. The molecule has 5 rings (SSSR count). The number of nitrogens with zero attached hydrogens (tertiary/aromatic N) is 4. The number of amides is 1. The van der Waals surface area contributed by atoms with Crippen molar-refractivity contribution in [2.75, 3.05) is 31.1 Å². The van der Waals surface area contributed by atoms with Gasteiger partial charge in [0.15, 0.2) is 5.13 Å². The molecule has 6 nitrogen and oxygen atoms in total. The van der Waals surface area contributed by atoms with Gasteiger partial charge in [-0.1, -0.05) is 11.3 Å². The second kappa shape index (κ2) is 8.71. The molecule has 0 aromatic carbocycles. The first-order valence-corrected chi connectivity index (χ1v) is 12.0. The van der Waals surface area contributed by atoms with E-state index in [1.807, 2.05) is 4.90 Å². The molecule has 0 bridgehead atoms. The van der Waals surface area contributed by atoms with E-state index in [2.05, 4.69) is 15.3 Å². The number of aromatic nitrogens is 2. The predicted molar refractivity (Wildman–Crippen MR) is 116 cm³/mol. The number of nitrogens with one attached hydrogen (secondary N) is 1. The fourth-order valence-corrected chi connectivity index (χ4v) is 5.96. The van der Waals surface area contributed by atoms with Crippen molar-refractivity contribution in [3.8, 4) is 0 Å². The van der Waals surface area contributed by atoms with Crippen LogP contribution in [0.2, 0.25) is 0 Å². The zero-order valence-corrected chi connectivity index (χ0v) is 19.1. The summed E-state index contributed by atoms with van der Waals surface area (Å²) < 4.78 is 69.5. The lowest BCUT2D eigenvalue weighted by Gasteiger charge is -2.44. The minimum atomic E-state index is -2.63. The van der Waals surface area contributed by atoms with Gasteiger partial charge in [-0.05, 0) is 25.8 Å². The summed E-state index contributed by atoms with van der Waals surface area (Å²) in [5.41, 5.74) is -1.06. The van der Waals surface area contributed by atoms with Gasteiger partial charge in [0.05, 0.1) is 36.6 Å². The molecule has 4 heterocycles. The van der Waals surface area contributed by atoms with Crippen LogP contribution in [0.5, 0.6) is 0 Å². The van der Waals surface area contributed by atoms with Gasteiger partial charge in [-0.25, -0.2) is 26.9 Å². The van der Waals surface area contributed by atoms with E-state index in [1.54, 1.807) is 4.90 Å². The van der Waals surface area contributed by atoms with Crippen molar-refractivity contribution >= 4 is 22.4 Å². The third-order valence-electron chi connectivity index (χ3n) is 7.08. The molecule has 1 amide bonds. The molecule has 2 saturated heterocycles. The van der Waals surface area contributed by atoms with Crippen molar-refractivity contribution in [2.24, 2.45) is 5.41 Å². The Balaban J connectivity index is 1.16. The monoisotopic (exact) mass is 501 g/mol. The Morgan fingerprint density at radius 1 is 1.24 bits per heavy atom. The maximum absolute atomic E-state index is 15.1. The average Bonchev–Trinajstić information content (AvgIpc) is 3.13. The average molecular weight is 502 g/mol. The number of anilines is 1. The topological polar surface area (TPSA) is 61.4 Å². The fraction of sp³-hybridized carbons (Fsp3) is 0.591. The highest BCUT2D eigenvalue weighted by Gasteiger charge is 2.71. The first-order valence-electron chi connectivity index (χ1n) is 11.2. The summed E-state index contributed by atoms with van der Waals surface area (Å²) in [4.78, 5) is 24.2. The van der Waals surface area contributed by atoms with Crippen LogP contribution >= 0.6 is 11.3 Å². The summed E-state index contributed by atoms with van der Waals surface area (Å²) >= 11 is 1.09. The van der Waals surface area contributed by atoms with Crippen LogP contribution in [0.1, 0.15) is 41.0 Å². The highest BCUT2D eigenvalue weighted by Crippen LogP contribution is 2.64. The van der Waals surface area contributed by atoms with Crippen LogP contribution in [0, 0.1) is 17.0 Å². The Morgan fingerprint density at radius 2 is 2.03 bits per heavy atom. The maximum Gasteiger partial charge on any atom is 0.263 e. The molecule has 3 fully saturated rings. The van der Waals surface area contributed by atoms with Crippen LogP contribution in [0.15, 0.2) is 18.5 Å². The normalized spacial score (nSPS) is 28.8. The van der Waals surface area contributed by atoms with Gasteiger partial charge >= 0.3 is 0 Å². The van der Waals surface area contributed by atoms with Gasteiger partial charge in [-0.2, -0.15) is 0 Å². The number of carbonyl (C=O) groups is 1. The molecule has 1 aliphatic carbocycles. The van der Waals surface area contributed by atoms with E-state index in [9.17, 15) is 22.4 Å². The van der Waals surface area contributed by atoms with Gasteiger partial charge in [0.2, 0.25) is 0 Å². The van der Waals surface area contributed by atoms with Crippen LogP contribution < -0.4 is 10.2 Å². The number of pyridine rings is 1. The van der Waals surface area contributed by atoms with E-state index in [-0.39, 0.29) is 36.6 Å². The summed E-state index contributed by atoms with van der Waals surface area (Å²) in [7, 11) is 0. The predicted octanol–water partition coefficient (Wildman–Crippen LogP) is 3.78. The van der Waals surface area contributed by atoms with E-state index in [4.69, 9.17) is 0 Å². The standard InChI is InChI=1S/C22H24F5N5OS/c23-13-6-14(24)16(28-7-13)8-29-19(33)18-9-30-20(34-18)31-5-2-17(15(25)10-31)32-4-1-3-21(12-32)11-22(21,26)27/h6-7,9,15,17H,1-5,8,10-12H2,(H,29,33). The highest BCUT2D eigenvalue weighted by atomic mass is 32.1. The first-order chi connectivity index (χ1) is 16.2. The van der Waals surface area contributed by atoms with Gasteiger partial charge in [0.1, 0.15) is 22.7 Å². The summed E-state index contributed by atoms with van der Waals surface area (Å²) in [6, 6.07) is 0.293. The molecule has 2 aromatic rings. The van der Waals surface area contributed by atoms with Crippen LogP contribution in [0.4, 0.5) is 27.1 Å². The van der Waals surface area contributed by atoms with Gasteiger partial charge in [0.25, 0.3) is 11.8 Å². The molecule has 3 aliphatic rings. The van der Waals surface area contributed by atoms with E-state index in [0.29, 0.717) is 43.5 Å². The zero-order chi connectivity index (χ0) is 24.1. The van der Waals surface area contributed by atoms with E-state index >= 15 is 4.39 Å². The number of alkyl halides is 3. The van der Waals surface area contributed by atoms with Gasteiger partial charge < -0.3 is 10.2 Å². The number of piperidine rings is 2. The first kappa shape index (κ1) is 23.4. The molecule has 34 heavy (non-hydrogen) atoms. The molecule has 3 atom stereocenters. The summed E-state index contributed by atoms with van der Waals surface area (Å²) in [6.45, 7) is 1.24. The maximum atomic E-state index is 15.1. The highest BCUT2D eigenvalue weighted by molar-refractivity contribution is 7.17. The van der Waals surface area contributed by atoms with Crippen LogP contribution in [-0.2, 0) is 6.54 Å². The molecule has 184 valence electrons. The van der Waals surface area contributed by atoms with Crippen molar-refractivity contribution in [1.29, 1.82) is 0 Å². The molecule has 0 radical (unpaired) electrons. The van der Waals surface area contributed by atoms with Crippen molar-refractivity contribution < 1.29 is 26.7 Å². The molecule has 1 saturated carbocycles. The molecule has 2 aromatic heterocycles. The van der Waals surface area contributed by atoms with E-state index in [1.165, 1.54) is 6.20 Å². The van der Waals surface area contributed by atoms with Crippen LogP contribution in [-0.4, -0.2) is 65.1 Å². The Hall–Kier alpha value is -2.34. The lowest BCUT2D eigenvalue weighted by Crippen LogP contribution is -2.55. The number of likely N-dealkylation sites (tertiary alicyclic amines) is 1. The molecule has 1 N–H and O–H groups in total. The Kier molecular flexibility index (Phi) is 5.99. The Morgan fingerprint density at radius 3 is 2.74 bits per heavy atom. The van der Waals surface area contributed by atoms with Crippen molar-refractivity contribution in [2.45, 2.75) is 50.4 Å². The van der Waals surface area contributed by atoms with Crippen LogP contribution in [0.25, 0.3) is 0 Å². The second-order valence-corrected chi connectivity index (χ2v) is 10.3. The third-order valence-corrected chi connectivity index (χ3v) is 8.14. The largest absolute Gasteiger partial charge is 0.346 e. The minimum Gasteiger partial charge on any atom is -0.346 e. The SMILES string of the molecule is O=C(NCc1ncc(F)cc1F)c1cnc(N2CCC(N3CCCC4(C3)CC4(F)F)C(F)C2)s1. The molecule has 3 unspecified atom stereocenters. The number of thiazole rings is 1. The fourth-order valence-electron chi connectivity index (χ4n) is 5.09. The summed E-state index contributed by atoms with van der Waals surface area (Å²) in [5.74, 6) is -4.79. The van der Waals surface area contributed by atoms with Crippen LogP contribution in [0.3, 0.4) is 0 Å². The summed E-state index contributed by atoms with van der Waals surface area (Å²) in [6.07, 6.45) is 2.56. The van der Waals surface area contributed by atoms with Crippen molar-refractivity contribution in [3.05, 3.63) is 40.7 Å². The molecule has 1 spiro atoms. The number of carbonyl (C=O) groups excluding carboxylic acids is 1.